The van der Waals surface area contributed by atoms with Crippen molar-refractivity contribution in [3.63, 3.8) is 0 Å². The summed E-state index contributed by atoms with van der Waals surface area (Å²) in [4.78, 5) is 20.5. The molecule has 1 amide bonds. The monoisotopic (exact) mass is 418 g/mol. The number of hydrogen-bond acceptors (Lipinski definition) is 4. The van der Waals surface area contributed by atoms with Crippen molar-refractivity contribution >= 4 is 28.3 Å². The van der Waals surface area contributed by atoms with Crippen LogP contribution in [0.1, 0.15) is 50.5 Å². The second-order valence-corrected chi connectivity index (χ2v) is 10.9. The summed E-state index contributed by atoms with van der Waals surface area (Å²) in [6, 6.07) is 8.44. The number of aryl methyl sites for hydroxylation is 1. The summed E-state index contributed by atoms with van der Waals surface area (Å²) < 4.78 is 0. The number of piperazine rings is 1. The molecule has 0 atom stereocenters. The van der Waals surface area contributed by atoms with Crippen LogP contribution in [0.2, 0.25) is 0 Å². The molecule has 4 aliphatic carbocycles. The van der Waals surface area contributed by atoms with Gasteiger partial charge in [-0.1, -0.05) is 6.07 Å². The van der Waals surface area contributed by atoms with E-state index in [1.54, 1.807) is 0 Å². The van der Waals surface area contributed by atoms with Crippen LogP contribution in [-0.4, -0.2) is 37.1 Å². The normalized spacial score (nSPS) is 31.9. The maximum atomic E-state index is 13.3. The van der Waals surface area contributed by atoms with Crippen molar-refractivity contribution in [1.29, 1.82) is 0 Å². The predicted octanol–water partition coefficient (Wildman–Crippen LogP) is 4.50. The summed E-state index contributed by atoms with van der Waals surface area (Å²) in [6.45, 7) is 6.06. The average Bonchev–Trinajstić information content (AvgIpc) is 2.75. The van der Waals surface area contributed by atoms with Gasteiger partial charge in [0.2, 0.25) is 5.91 Å². The van der Waals surface area contributed by atoms with Crippen molar-refractivity contribution in [3.05, 3.63) is 29.8 Å². The molecule has 5 heteroatoms. The Kier molecular flexibility index (Phi) is 4.71. The molecule has 5 nitrogen and oxygen atoms in total. The Labute approximate surface area is 185 Å². The SMILES string of the molecule is Cc1ccc2nc(N3CCNCC3)ccc2c1NC(=O)CC12CC3CC(CC(C3)C1)C2. The fraction of sp³-hybridized carbons (Fsp3) is 0.615. The van der Waals surface area contributed by atoms with Crippen LogP contribution in [0.25, 0.3) is 10.9 Å². The molecule has 7 rings (SSSR count). The quantitative estimate of drug-likeness (QED) is 0.768. The van der Waals surface area contributed by atoms with Crippen LogP contribution >= 0.6 is 0 Å². The molecule has 0 unspecified atom stereocenters. The number of benzene rings is 1. The smallest absolute Gasteiger partial charge is 0.224 e. The van der Waals surface area contributed by atoms with E-state index in [1.807, 2.05) is 0 Å². The summed E-state index contributed by atoms with van der Waals surface area (Å²) in [5, 5.41) is 7.77. The first-order valence-corrected chi connectivity index (χ1v) is 12.2. The van der Waals surface area contributed by atoms with Crippen LogP contribution in [0.4, 0.5) is 11.5 Å². The van der Waals surface area contributed by atoms with E-state index in [0.29, 0.717) is 6.42 Å². The van der Waals surface area contributed by atoms with E-state index >= 15 is 0 Å². The van der Waals surface area contributed by atoms with Gasteiger partial charge in [-0.15, -0.1) is 0 Å². The van der Waals surface area contributed by atoms with Crippen molar-refractivity contribution in [3.8, 4) is 0 Å². The summed E-state index contributed by atoms with van der Waals surface area (Å²) in [6.07, 6.45) is 8.78. The molecular weight excluding hydrogens is 384 g/mol. The maximum Gasteiger partial charge on any atom is 0.224 e. The van der Waals surface area contributed by atoms with Crippen LogP contribution < -0.4 is 15.5 Å². The Morgan fingerprint density at radius 3 is 2.42 bits per heavy atom. The molecule has 1 aromatic heterocycles. The molecular formula is C26H34N4O. The van der Waals surface area contributed by atoms with Gasteiger partial charge < -0.3 is 15.5 Å². The van der Waals surface area contributed by atoms with Crippen molar-refractivity contribution in [2.75, 3.05) is 36.4 Å². The van der Waals surface area contributed by atoms with E-state index in [2.05, 4.69) is 46.7 Å². The third-order valence-electron chi connectivity index (χ3n) is 8.47. The minimum atomic E-state index is 0.198. The summed E-state index contributed by atoms with van der Waals surface area (Å²) in [5.41, 5.74) is 3.30. The van der Waals surface area contributed by atoms with E-state index in [4.69, 9.17) is 4.98 Å². The number of amides is 1. The highest BCUT2D eigenvalue weighted by atomic mass is 16.1. The molecule has 164 valence electrons. The van der Waals surface area contributed by atoms with Crippen molar-refractivity contribution in [2.45, 2.75) is 51.9 Å². The van der Waals surface area contributed by atoms with Gasteiger partial charge in [-0.3, -0.25) is 4.79 Å². The molecule has 0 spiro atoms. The number of carbonyl (C=O) groups is 1. The minimum absolute atomic E-state index is 0.198. The predicted molar refractivity (Wildman–Crippen MR) is 125 cm³/mol. The first-order valence-electron chi connectivity index (χ1n) is 12.2. The zero-order chi connectivity index (χ0) is 21.0. The first-order chi connectivity index (χ1) is 15.1. The molecule has 5 aliphatic rings. The number of nitrogens with one attached hydrogen (secondary N) is 2. The van der Waals surface area contributed by atoms with Gasteiger partial charge >= 0.3 is 0 Å². The molecule has 0 radical (unpaired) electrons. The zero-order valence-electron chi connectivity index (χ0n) is 18.6. The van der Waals surface area contributed by atoms with Gasteiger partial charge in [0, 0.05) is 38.0 Å². The molecule has 5 fully saturated rings. The van der Waals surface area contributed by atoms with Crippen LogP contribution in [0, 0.1) is 30.1 Å². The second kappa shape index (κ2) is 7.47. The average molecular weight is 419 g/mol. The molecule has 31 heavy (non-hydrogen) atoms. The van der Waals surface area contributed by atoms with Gasteiger partial charge in [0.05, 0.1) is 11.2 Å². The standard InChI is InChI=1S/C26H34N4O/c1-17-2-4-22-21(3-5-23(28-22)30-8-6-27-7-9-30)25(17)29-24(31)16-26-13-18-10-19(14-26)12-20(11-18)15-26/h2-5,18-20,27H,6-16H2,1H3,(H,29,31). The van der Waals surface area contributed by atoms with Gasteiger partial charge in [-0.25, -0.2) is 4.98 Å². The lowest BCUT2D eigenvalue weighted by Gasteiger charge is -2.56. The molecule has 2 heterocycles. The summed E-state index contributed by atoms with van der Waals surface area (Å²) in [7, 11) is 0. The van der Waals surface area contributed by atoms with Gasteiger partial charge in [0.15, 0.2) is 0 Å². The number of rotatable bonds is 4. The number of carbonyl (C=O) groups excluding carboxylic acids is 1. The number of hydrogen-bond donors (Lipinski definition) is 2. The lowest BCUT2D eigenvalue weighted by Crippen LogP contribution is -2.47. The highest BCUT2D eigenvalue weighted by Gasteiger charge is 2.51. The molecule has 4 bridgehead atoms. The Morgan fingerprint density at radius 1 is 1.06 bits per heavy atom. The van der Waals surface area contributed by atoms with Crippen molar-refractivity contribution < 1.29 is 4.79 Å². The van der Waals surface area contributed by atoms with Crippen LogP contribution in [0.15, 0.2) is 24.3 Å². The molecule has 2 aromatic rings. The fourth-order valence-electron chi connectivity index (χ4n) is 7.57. The molecule has 2 N–H and O–H groups in total. The molecule has 1 aliphatic heterocycles. The van der Waals surface area contributed by atoms with Gasteiger partial charge in [0.1, 0.15) is 5.82 Å². The third kappa shape index (κ3) is 3.61. The summed E-state index contributed by atoms with van der Waals surface area (Å²) >= 11 is 0. The van der Waals surface area contributed by atoms with E-state index in [0.717, 1.165) is 71.9 Å². The Balaban J connectivity index is 1.23. The zero-order valence-corrected chi connectivity index (χ0v) is 18.6. The fourth-order valence-corrected chi connectivity index (χ4v) is 7.57. The molecule has 4 saturated carbocycles. The van der Waals surface area contributed by atoms with Crippen molar-refractivity contribution in [1.82, 2.24) is 10.3 Å². The number of pyridine rings is 1. The van der Waals surface area contributed by atoms with E-state index in [1.165, 1.54) is 38.5 Å². The number of fused-ring (bicyclic) bond motifs is 1. The largest absolute Gasteiger partial charge is 0.354 e. The van der Waals surface area contributed by atoms with E-state index < -0.39 is 0 Å². The van der Waals surface area contributed by atoms with Crippen LogP contribution in [0.5, 0.6) is 0 Å². The number of aromatic nitrogens is 1. The topological polar surface area (TPSA) is 57.3 Å². The van der Waals surface area contributed by atoms with Gasteiger partial charge in [0.25, 0.3) is 0 Å². The number of anilines is 2. The Hall–Kier alpha value is -2.14. The molecule has 1 aromatic carbocycles. The van der Waals surface area contributed by atoms with Crippen LogP contribution in [-0.2, 0) is 4.79 Å². The summed E-state index contributed by atoms with van der Waals surface area (Å²) in [5.74, 6) is 3.87. The lowest BCUT2D eigenvalue weighted by atomic mass is 9.49. The lowest BCUT2D eigenvalue weighted by molar-refractivity contribution is -0.124. The minimum Gasteiger partial charge on any atom is -0.354 e. The third-order valence-corrected chi connectivity index (χ3v) is 8.47. The Morgan fingerprint density at radius 2 is 1.74 bits per heavy atom. The highest BCUT2D eigenvalue weighted by molar-refractivity contribution is 6.02. The highest BCUT2D eigenvalue weighted by Crippen LogP contribution is 2.61. The van der Waals surface area contributed by atoms with Crippen LogP contribution in [0.3, 0.4) is 0 Å². The van der Waals surface area contributed by atoms with Gasteiger partial charge in [-0.05, 0) is 92.4 Å². The Bertz CT molecular complexity index is 975. The molecule has 1 saturated heterocycles. The van der Waals surface area contributed by atoms with E-state index in [9.17, 15) is 4.79 Å². The maximum absolute atomic E-state index is 13.3. The van der Waals surface area contributed by atoms with E-state index in [-0.39, 0.29) is 11.3 Å². The first kappa shape index (κ1) is 19.5. The number of nitrogens with zero attached hydrogens (tertiary/aromatic N) is 2. The van der Waals surface area contributed by atoms with Gasteiger partial charge in [-0.2, -0.15) is 0 Å². The van der Waals surface area contributed by atoms with Crippen molar-refractivity contribution in [2.24, 2.45) is 23.2 Å². The second-order valence-electron chi connectivity index (χ2n) is 10.9.